The molecule has 0 saturated heterocycles. The quantitative estimate of drug-likeness (QED) is 0.740. The molecule has 112 valence electrons. The SMILES string of the molecule is CN(Cc1cccc(F)c1)c1nccn2nc(C3CC3)cc12. The fraction of sp³-hybridized carbons (Fsp3) is 0.294. The summed E-state index contributed by atoms with van der Waals surface area (Å²) < 4.78 is 15.2. The summed E-state index contributed by atoms with van der Waals surface area (Å²) in [6.07, 6.45) is 6.09. The van der Waals surface area contributed by atoms with Crippen LogP contribution in [-0.2, 0) is 6.54 Å². The number of hydrogen-bond donors (Lipinski definition) is 0. The van der Waals surface area contributed by atoms with Crippen molar-refractivity contribution in [3.63, 3.8) is 0 Å². The molecule has 3 aromatic rings. The number of fused-ring (bicyclic) bond motifs is 1. The third kappa shape index (κ3) is 2.43. The van der Waals surface area contributed by atoms with E-state index in [9.17, 15) is 4.39 Å². The number of anilines is 1. The van der Waals surface area contributed by atoms with E-state index in [0.29, 0.717) is 12.5 Å². The van der Waals surface area contributed by atoms with Crippen molar-refractivity contribution in [1.82, 2.24) is 14.6 Å². The van der Waals surface area contributed by atoms with Crippen LogP contribution in [0.4, 0.5) is 10.2 Å². The van der Waals surface area contributed by atoms with E-state index in [1.165, 1.54) is 18.9 Å². The van der Waals surface area contributed by atoms with Gasteiger partial charge in [0.25, 0.3) is 0 Å². The maximum atomic E-state index is 13.3. The summed E-state index contributed by atoms with van der Waals surface area (Å²) >= 11 is 0. The Balaban J connectivity index is 1.67. The third-order valence-corrected chi connectivity index (χ3v) is 4.05. The van der Waals surface area contributed by atoms with E-state index in [0.717, 1.165) is 22.6 Å². The van der Waals surface area contributed by atoms with E-state index in [-0.39, 0.29) is 5.82 Å². The Kier molecular flexibility index (Phi) is 3.06. The van der Waals surface area contributed by atoms with Crippen molar-refractivity contribution in [3.8, 4) is 0 Å². The predicted octanol–water partition coefficient (Wildman–Crippen LogP) is 3.38. The molecule has 5 heteroatoms. The van der Waals surface area contributed by atoms with Gasteiger partial charge in [-0.25, -0.2) is 13.9 Å². The maximum absolute atomic E-state index is 13.3. The zero-order chi connectivity index (χ0) is 15.1. The minimum atomic E-state index is -0.211. The van der Waals surface area contributed by atoms with Crippen LogP contribution in [0.15, 0.2) is 42.7 Å². The molecule has 0 spiro atoms. The molecule has 0 N–H and O–H groups in total. The van der Waals surface area contributed by atoms with Crippen molar-refractivity contribution >= 4 is 11.3 Å². The van der Waals surface area contributed by atoms with Gasteiger partial charge in [-0.1, -0.05) is 12.1 Å². The smallest absolute Gasteiger partial charge is 0.154 e. The molecule has 4 nitrogen and oxygen atoms in total. The Hall–Kier alpha value is -2.43. The summed E-state index contributed by atoms with van der Waals surface area (Å²) in [7, 11) is 1.97. The van der Waals surface area contributed by atoms with Gasteiger partial charge in [-0.05, 0) is 36.6 Å². The average Bonchev–Trinajstić information content (AvgIpc) is 3.25. The lowest BCUT2D eigenvalue weighted by Gasteiger charge is -2.18. The Bertz CT molecular complexity index is 822. The standard InChI is InChI=1S/C17H17FN4/c1-21(11-12-3-2-4-14(18)9-12)17-16-10-15(13-5-6-13)20-22(16)8-7-19-17/h2-4,7-10,13H,5-6,11H2,1H3. The van der Waals surface area contributed by atoms with Gasteiger partial charge in [0.15, 0.2) is 5.82 Å². The number of benzene rings is 1. The molecule has 0 aliphatic heterocycles. The summed E-state index contributed by atoms with van der Waals surface area (Å²) in [5.74, 6) is 1.27. The van der Waals surface area contributed by atoms with Crippen molar-refractivity contribution in [2.75, 3.05) is 11.9 Å². The average molecular weight is 296 g/mol. The minimum absolute atomic E-state index is 0.211. The highest BCUT2D eigenvalue weighted by atomic mass is 19.1. The van der Waals surface area contributed by atoms with Crippen LogP contribution in [-0.4, -0.2) is 21.6 Å². The van der Waals surface area contributed by atoms with E-state index < -0.39 is 0 Å². The summed E-state index contributed by atoms with van der Waals surface area (Å²) in [5, 5.41) is 4.63. The summed E-state index contributed by atoms with van der Waals surface area (Å²) in [4.78, 5) is 6.52. The number of hydrogen-bond acceptors (Lipinski definition) is 3. The topological polar surface area (TPSA) is 33.4 Å². The van der Waals surface area contributed by atoms with Gasteiger partial charge in [0, 0.05) is 31.9 Å². The molecule has 1 aliphatic rings. The molecule has 2 heterocycles. The molecule has 0 unspecified atom stereocenters. The van der Waals surface area contributed by atoms with Crippen molar-refractivity contribution in [1.29, 1.82) is 0 Å². The van der Waals surface area contributed by atoms with Gasteiger partial charge in [0.05, 0.1) is 5.69 Å². The highest BCUT2D eigenvalue weighted by molar-refractivity contribution is 5.69. The van der Waals surface area contributed by atoms with Crippen LogP contribution in [0.2, 0.25) is 0 Å². The van der Waals surface area contributed by atoms with E-state index in [1.807, 2.05) is 28.7 Å². The number of nitrogens with zero attached hydrogens (tertiary/aromatic N) is 4. The van der Waals surface area contributed by atoms with Gasteiger partial charge in [0.1, 0.15) is 11.3 Å². The van der Waals surface area contributed by atoms with Crippen LogP contribution in [0.3, 0.4) is 0 Å². The lowest BCUT2D eigenvalue weighted by molar-refractivity contribution is 0.625. The summed E-state index contributed by atoms with van der Waals surface area (Å²) in [5.41, 5.74) is 3.07. The van der Waals surface area contributed by atoms with E-state index in [4.69, 9.17) is 0 Å². The maximum Gasteiger partial charge on any atom is 0.154 e. The molecule has 1 fully saturated rings. The van der Waals surface area contributed by atoms with Crippen molar-refractivity contribution < 1.29 is 4.39 Å². The fourth-order valence-electron chi connectivity index (χ4n) is 2.78. The van der Waals surface area contributed by atoms with Crippen LogP contribution < -0.4 is 4.90 Å². The first-order chi connectivity index (χ1) is 10.7. The van der Waals surface area contributed by atoms with Crippen LogP contribution in [0, 0.1) is 5.82 Å². The molecule has 0 radical (unpaired) electrons. The van der Waals surface area contributed by atoms with Gasteiger partial charge in [-0.15, -0.1) is 0 Å². The molecular weight excluding hydrogens is 279 g/mol. The molecular formula is C17H17FN4. The zero-order valence-corrected chi connectivity index (χ0v) is 12.4. The molecule has 22 heavy (non-hydrogen) atoms. The van der Waals surface area contributed by atoms with Crippen molar-refractivity contribution in [2.45, 2.75) is 25.3 Å². The fourth-order valence-corrected chi connectivity index (χ4v) is 2.78. The second-order valence-corrected chi connectivity index (χ2v) is 5.91. The zero-order valence-electron chi connectivity index (χ0n) is 12.4. The van der Waals surface area contributed by atoms with E-state index in [2.05, 4.69) is 16.1 Å². The van der Waals surface area contributed by atoms with E-state index >= 15 is 0 Å². The highest BCUT2D eigenvalue weighted by Gasteiger charge is 2.27. The highest BCUT2D eigenvalue weighted by Crippen LogP contribution is 2.40. The monoisotopic (exact) mass is 296 g/mol. The van der Waals surface area contributed by atoms with Crippen molar-refractivity contribution in [3.05, 3.63) is 59.8 Å². The Labute approximate surface area is 128 Å². The number of rotatable bonds is 4. The Morgan fingerprint density at radius 1 is 1.32 bits per heavy atom. The second-order valence-electron chi connectivity index (χ2n) is 5.91. The normalized spacial score (nSPS) is 14.5. The lowest BCUT2D eigenvalue weighted by atomic mass is 10.2. The Morgan fingerprint density at radius 3 is 2.95 bits per heavy atom. The molecule has 2 aromatic heterocycles. The molecule has 1 aliphatic carbocycles. The molecule has 0 bridgehead atoms. The van der Waals surface area contributed by atoms with Crippen LogP contribution in [0.1, 0.15) is 30.0 Å². The van der Waals surface area contributed by atoms with Crippen LogP contribution >= 0.6 is 0 Å². The molecule has 4 rings (SSSR count). The summed E-state index contributed by atoms with van der Waals surface area (Å²) in [6, 6.07) is 8.80. The molecule has 1 saturated carbocycles. The Morgan fingerprint density at radius 2 is 2.18 bits per heavy atom. The molecule has 0 atom stereocenters. The third-order valence-electron chi connectivity index (χ3n) is 4.05. The first-order valence-corrected chi connectivity index (χ1v) is 7.50. The van der Waals surface area contributed by atoms with Gasteiger partial charge < -0.3 is 4.90 Å². The largest absolute Gasteiger partial charge is 0.354 e. The van der Waals surface area contributed by atoms with Gasteiger partial charge in [0.2, 0.25) is 0 Å². The first kappa shape index (κ1) is 13.2. The van der Waals surface area contributed by atoms with Gasteiger partial charge in [-0.2, -0.15) is 5.10 Å². The first-order valence-electron chi connectivity index (χ1n) is 7.50. The van der Waals surface area contributed by atoms with Crippen molar-refractivity contribution in [2.24, 2.45) is 0 Å². The summed E-state index contributed by atoms with van der Waals surface area (Å²) in [6.45, 7) is 0.606. The van der Waals surface area contributed by atoms with Crippen LogP contribution in [0.25, 0.3) is 5.52 Å². The van der Waals surface area contributed by atoms with Gasteiger partial charge >= 0.3 is 0 Å². The van der Waals surface area contributed by atoms with Crippen LogP contribution in [0.5, 0.6) is 0 Å². The molecule has 0 amide bonds. The predicted molar refractivity (Wildman–Crippen MR) is 83.5 cm³/mol. The number of aromatic nitrogens is 3. The second kappa shape index (κ2) is 5.09. The minimum Gasteiger partial charge on any atom is -0.354 e. The number of halogens is 1. The van der Waals surface area contributed by atoms with Gasteiger partial charge in [-0.3, -0.25) is 0 Å². The lowest BCUT2D eigenvalue weighted by Crippen LogP contribution is -2.18. The molecule has 1 aromatic carbocycles. The van der Waals surface area contributed by atoms with E-state index in [1.54, 1.807) is 18.3 Å².